The quantitative estimate of drug-likeness (QED) is 0.237. The van der Waals surface area contributed by atoms with Crippen molar-refractivity contribution >= 4 is 42.1 Å². The summed E-state index contributed by atoms with van der Waals surface area (Å²) in [7, 11) is 0. The van der Waals surface area contributed by atoms with E-state index in [-0.39, 0.29) is 30.3 Å². The van der Waals surface area contributed by atoms with Crippen molar-refractivity contribution in [2.75, 3.05) is 0 Å². The number of isocyanates is 3. The van der Waals surface area contributed by atoms with E-state index in [1.54, 1.807) is 0 Å². The molecule has 0 aliphatic heterocycles. The first-order valence-corrected chi connectivity index (χ1v) is 6.51. The summed E-state index contributed by atoms with van der Waals surface area (Å²) >= 11 is 0. The molecule has 0 rings (SSSR count). The first kappa shape index (κ1) is 21.2. The second-order valence-corrected chi connectivity index (χ2v) is 4.25. The number of hydrogen-bond acceptors (Lipinski definition) is 6. The average Bonchev–Trinajstić information content (AvgIpc) is 2.39. The maximum absolute atomic E-state index is 10.3. The molecule has 0 aliphatic rings. The molecule has 7 heteroatoms. The van der Waals surface area contributed by atoms with E-state index >= 15 is 0 Å². The van der Waals surface area contributed by atoms with Crippen molar-refractivity contribution in [3.8, 4) is 0 Å². The van der Waals surface area contributed by atoms with Crippen molar-refractivity contribution in [1.82, 2.24) is 0 Å². The Hall–Kier alpha value is -1.06. The van der Waals surface area contributed by atoms with E-state index in [0.717, 1.165) is 19.3 Å². The fourth-order valence-electron chi connectivity index (χ4n) is 1.78. The van der Waals surface area contributed by atoms with E-state index in [1.807, 2.05) is 0 Å². The summed E-state index contributed by atoms with van der Waals surface area (Å²) in [5.74, 6) is -1.70. The molecule has 4 radical (unpaired) electrons. The smallest absolute Gasteiger partial charge is 0.211 e. The first-order valence-electron chi connectivity index (χ1n) is 6.51. The molecule has 108 valence electrons. The SMILES string of the molecule is CCCCCCCCCC(N=C=O)(N=C=O)N=C=O.[Sn]. The number of nitrogens with zero attached hydrogens (tertiary/aromatic N) is 3. The molecule has 0 bridgehead atoms. The Morgan fingerprint density at radius 2 is 1.15 bits per heavy atom. The molecule has 0 aromatic heterocycles. The Morgan fingerprint density at radius 3 is 1.55 bits per heavy atom. The molecule has 0 aliphatic carbocycles. The van der Waals surface area contributed by atoms with Gasteiger partial charge in [0.1, 0.15) is 0 Å². The third-order valence-corrected chi connectivity index (χ3v) is 2.79. The van der Waals surface area contributed by atoms with Gasteiger partial charge in [0, 0.05) is 30.3 Å². The zero-order chi connectivity index (χ0) is 14.4. The Kier molecular flexibility index (Phi) is 15.2. The number of carbonyl (C=O) groups excluding carboxylic acids is 3. The Balaban J connectivity index is 0. The van der Waals surface area contributed by atoms with Gasteiger partial charge in [0.15, 0.2) is 0 Å². The summed E-state index contributed by atoms with van der Waals surface area (Å²) in [6.45, 7) is 2.15. The molecular formula is C13H19N3O3Sn. The second-order valence-electron chi connectivity index (χ2n) is 4.25. The van der Waals surface area contributed by atoms with Crippen LogP contribution in [-0.2, 0) is 14.4 Å². The summed E-state index contributed by atoms with van der Waals surface area (Å²) in [5, 5.41) is 0. The zero-order valence-electron chi connectivity index (χ0n) is 11.7. The zero-order valence-corrected chi connectivity index (χ0v) is 14.6. The summed E-state index contributed by atoms with van der Waals surface area (Å²) in [5.41, 5.74) is 0. The Morgan fingerprint density at radius 1 is 0.750 bits per heavy atom. The maximum Gasteiger partial charge on any atom is 0.277 e. The largest absolute Gasteiger partial charge is 0.277 e. The van der Waals surface area contributed by atoms with Crippen molar-refractivity contribution in [2.45, 2.75) is 64.1 Å². The van der Waals surface area contributed by atoms with E-state index in [2.05, 4.69) is 21.9 Å². The monoisotopic (exact) mass is 385 g/mol. The van der Waals surface area contributed by atoms with Crippen LogP contribution in [0.15, 0.2) is 15.0 Å². The molecular weight excluding hydrogens is 365 g/mol. The molecule has 0 saturated carbocycles. The van der Waals surface area contributed by atoms with Gasteiger partial charge < -0.3 is 0 Å². The average molecular weight is 384 g/mol. The van der Waals surface area contributed by atoms with Crippen LogP contribution in [0.1, 0.15) is 58.3 Å². The summed E-state index contributed by atoms with van der Waals surface area (Å²) in [6.07, 6.45) is 11.4. The molecule has 0 unspecified atom stereocenters. The van der Waals surface area contributed by atoms with Gasteiger partial charge in [0.2, 0.25) is 18.2 Å². The number of unbranched alkanes of at least 4 members (excludes halogenated alkanes) is 6. The van der Waals surface area contributed by atoms with Crippen LogP contribution in [0.5, 0.6) is 0 Å². The van der Waals surface area contributed by atoms with E-state index in [9.17, 15) is 14.4 Å². The van der Waals surface area contributed by atoms with Crippen LogP contribution in [0, 0.1) is 0 Å². The Bertz CT molecular complexity index is 350. The van der Waals surface area contributed by atoms with Gasteiger partial charge >= 0.3 is 0 Å². The molecule has 0 fully saturated rings. The van der Waals surface area contributed by atoms with E-state index in [4.69, 9.17) is 0 Å². The molecule has 0 N–H and O–H groups in total. The van der Waals surface area contributed by atoms with Crippen molar-refractivity contribution < 1.29 is 14.4 Å². The predicted molar refractivity (Wildman–Crippen MR) is 75.5 cm³/mol. The van der Waals surface area contributed by atoms with E-state index < -0.39 is 5.79 Å². The standard InChI is InChI=1S/C13H19N3O3.Sn/c1-2-3-4-5-6-7-8-9-13(14-10-17,15-11-18)16-12-19;/h2-9H2,1H3;. The molecule has 0 amide bonds. The summed E-state index contributed by atoms with van der Waals surface area (Å²) in [4.78, 5) is 40.9. The summed E-state index contributed by atoms with van der Waals surface area (Å²) < 4.78 is 0. The third kappa shape index (κ3) is 9.81. The number of rotatable bonds is 11. The minimum Gasteiger partial charge on any atom is -0.211 e. The normalized spacial score (nSPS) is 11.8. The predicted octanol–water partition coefficient (Wildman–Crippen LogP) is 2.41. The molecule has 6 nitrogen and oxygen atoms in total. The van der Waals surface area contributed by atoms with Gasteiger partial charge in [-0.25, -0.2) is 14.4 Å². The molecule has 0 aromatic rings. The van der Waals surface area contributed by atoms with E-state index in [0.29, 0.717) is 6.42 Å². The fourth-order valence-corrected chi connectivity index (χ4v) is 1.78. The minimum absolute atomic E-state index is 0. The van der Waals surface area contributed by atoms with Crippen LogP contribution in [0.2, 0.25) is 0 Å². The van der Waals surface area contributed by atoms with Gasteiger partial charge in [0.25, 0.3) is 5.79 Å². The Labute approximate surface area is 135 Å². The van der Waals surface area contributed by atoms with Crippen molar-refractivity contribution in [3.63, 3.8) is 0 Å². The number of aliphatic imine (C=N–C) groups is 3. The fraction of sp³-hybridized carbons (Fsp3) is 0.769. The van der Waals surface area contributed by atoms with Gasteiger partial charge in [-0.2, -0.15) is 15.0 Å². The topological polar surface area (TPSA) is 88.3 Å². The maximum atomic E-state index is 10.3. The molecule has 0 saturated heterocycles. The molecule has 0 atom stereocenters. The third-order valence-electron chi connectivity index (χ3n) is 2.79. The second kappa shape index (κ2) is 14.3. The first-order chi connectivity index (χ1) is 9.24. The molecule has 0 spiro atoms. The van der Waals surface area contributed by atoms with Crippen molar-refractivity contribution in [3.05, 3.63) is 0 Å². The van der Waals surface area contributed by atoms with Crippen LogP contribution in [0.25, 0.3) is 0 Å². The molecule has 0 aromatic carbocycles. The minimum atomic E-state index is -1.70. The van der Waals surface area contributed by atoms with Gasteiger partial charge in [-0.05, 0) is 6.42 Å². The van der Waals surface area contributed by atoms with Crippen LogP contribution in [-0.4, -0.2) is 47.9 Å². The van der Waals surface area contributed by atoms with Crippen molar-refractivity contribution in [2.24, 2.45) is 15.0 Å². The van der Waals surface area contributed by atoms with Crippen molar-refractivity contribution in [1.29, 1.82) is 0 Å². The summed E-state index contributed by atoms with van der Waals surface area (Å²) in [6, 6.07) is 0. The van der Waals surface area contributed by atoms with Crippen LogP contribution >= 0.6 is 0 Å². The van der Waals surface area contributed by atoms with Gasteiger partial charge in [-0.15, -0.1) is 0 Å². The van der Waals surface area contributed by atoms with Crippen LogP contribution in [0.3, 0.4) is 0 Å². The van der Waals surface area contributed by atoms with Gasteiger partial charge in [0.05, 0.1) is 0 Å². The van der Waals surface area contributed by atoms with Crippen LogP contribution in [0.4, 0.5) is 0 Å². The van der Waals surface area contributed by atoms with Gasteiger partial charge in [-0.3, -0.25) is 0 Å². The molecule has 0 heterocycles. The van der Waals surface area contributed by atoms with E-state index in [1.165, 1.54) is 37.5 Å². The van der Waals surface area contributed by atoms with Gasteiger partial charge in [-0.1, -0.05) is 45.4 Å². The number of hydrogen-bond donors (Lipinski definition) is 0. The molecule has 20 heavy (non-hydrogen) atoms. The van der Waals surface area contributed by atoms with Crippen LogP contribution < -0.4 is 0 Å².